The average molecular weight is 398 g/mol. The molecule has 1 saturated heterocycles. The summed E-state index contributed by atoms with van der Waals surface area (Å²) in [6.07, 6.45) is 0. The van der Waals surface area contributed by atoms with E-state index in [0.717, 1.165) is 37.8 Å². The van der Waals surface area contributed by atoms with Gasteiger partial charge in [-0.25, -0.2) is 0 Å². The number of aromatic nitrogens is 4. The lowest BCUT2D eigenvalue weighted by Crippen LogP contribution is -2.45. The third-order valence-corrected chi connectivity index (χ3v) is 4.83. The van der Waals surface area contributed by atoms with E-state index < -0.39 is 0 Å². The number of nitrogens with zero attached hydrogens (tertiary/aromatic N) is 6. The first-order valence-electron chi connectivity index (χ1n) is 9.80. The molecule has 0 N–H and O–H groups in total. The minimum absolute atomic E-state index is 0.296. The number of aryl methyl sites for hydroxylation is 3. The quantitative estimate of drug-likeness (QED) is 0.594. The van der Waals surface area contributed by atoms with Crippen LogP contribution in [0.25, 0.3) is 0 Å². The molecule has 0 unspecified atom stereocenters. The summed E-state index contributed by atoms with van der Waals surface area (Å²) in [7, 11) is 0. The van der Waals surface area contributed by atoms with Crippen LogP contribution in [0.4, 0.5) is 0 Å². The Hall–Kier alpha value is -2.78. The molecular formula is C20H26N6O3. The van der Waals surface area contributed by atoms with Crippen molar-refractivity contribution in [2.24, 2.45) is 0 Å². The predicted octanol–water partition coefficient (Wildman–Crippen LogP) is 2.27. The topological polar surface area (TPSA) is 93.6 Å². The van der Waals surface area contributed by atoms with Crippen LogP contribution in [0.3, 0.4) is 0 Å². The molecule has 0 amide bonds. The third kappa shape index (κ3) is 5.39. The molecule has 1 aliphatic heterocycles. The molecule has 0 bridgehead atoms. The van der Waals surface area contributed by atoms with E-state index in [1.165, 1.54) is 11.1 Å². The second-order valence-electron chi connectivity index (χ2n) is 7.50. The van der Waals surface area contributed by atoms with Crippen molar-refractivity contribution >= 4 is 0 Å². The minimum atomic E-state index is 0.296. The van der Waals surface area contributed by atoms with Gasteiger partial charge in [-0.05, 0) is 37.1 Å². The Labute approximate surface area is 169 Å². The minimum Gasteiger partial charge on any atom is -0.485 e. The lowest BCUT2D eigenvalue weighted by atomic mass is 10.1. The highest BCUT2D eigenvalue weighted by molar-refractivity contribution is 5.33. The molecule has 0 radical (unpaired) electrons. The summed E-state index contributed by atoms with van der Waals surface area (Å²) in [5, 5.41) is 8.00. The maximum absolute atomic E-state index is 5.80. The van der Waals surface area contributed by atoms with Crippen LogP contribution >= 0.6 is 0 Å². The summed E-state index contributed by atoms with van der Waals surface area (Å²) in [5.74, 6) is 3.34. The maximum Gasteiger partial charge on any atom is 0.240 e. The second-order valence-corrected chi connectivity index (χ2v) is 7.50. The summed E-state index contributed by atoms with van der Waals surface area (Å²) in [5.41, 5.74) is 2.34. The molecular weight excluding hydrogens is 372 g/mol. The van der Waals surface area contributed by atoms with E-state index in [1.54, 1.807) is 6.92 Å². The largest absolute Gasteiger partial charge is 0.485 e. The zero-order valence-corrected chi connectivity index (χ0v) is 17.1. The summed E-state index contributed by atoms with van der Waals surface area (Å²) < 4.78 is 16.2. The molecule has 3 aromatic rings. The first-order valence-corrected chi connectivity index (χ1v) is 9.80. The van der Waals surface area contributed by atoms with Crippen LogP contribution in [0.2, 0.25) is 0 Å². The molecule has 9 nitrogen and oxygen atoms in total. The lowest BCUT2D eigenvalue weighted by Gasteiger charge is -2.33. The number of hydrogen-bond donors (Lipinski definition) is 0. The fourth-order valence-corrected chi connectivity index (χ4v) is 3.48. The zero-order chi connectivity index (χ0) is 20.2. The van der Waals surface area contributed by atoms with Gasteiger partial charge in [0.05, 0.1) is 13.1 Å². The fourth-order valence-electron chi connectivity index (χ4n) is 3.48. The van der Waals surface area contributed by atoms with E-state index in [0.29, 0.717) is 37.3 Å². The van der Waals surface area contributed by atoms with E-state index in [4.69, 9.17) is 13.8 Å². The van der Waals surface area contributed by atoms with Gasteiger partial charge in [0.25, 0.3) is 0 Å². The molecule has 9 heteroatoms. The van der Waals surface area contributed by atoms with E-state index in [-0.39, 0.29) is 0 Å². The number of rotatable bonds is 7. The molecule has 2 aromatic heterocycles. The van der Waals surface area contributed by atoms with Crippen LogP contribution in [-0.2, 0) is 19.7 Å². The van der Waals surface area contributed by atoms with Crippen LogP contribution in [0.15, 0.2) is 27.2 Å². The van der Waals surface area contributed by atoms with Crippen molar-refractivity contribution in [2.45, 2.75) is 40.5 Å². The van der Waals surface area contributed by atoms with Gasteiger partial charge in [-0.1, -0.05) is 16.4 Å². The van der Waals surface area contributed by atoms with Gasteiger partial charge in [-0.15, -0.1) is 0 Å². The van der Waals surface area contributed by atoms with Crippen molar-refractivity contribution in [1.82, 2.24) is 30.1 Å². The van der Waals surface area contributed by atoms with Gasteiger partial charge in [0, 0.05) is 33.1 Å². The van der Waals surface area contributed by atoms with E-state index in [9.17, 15) is 0 Å². The highest BCUT2D eigenvalue weighted by Crippen LogP contribution is 2.17. The normalized spacial score (nSPS) is 15.7. The van der Waals surface area contributed by atoms with Crippen LogP contribution in [-0.4, -0.2) is 56.3 Å². The predicted molar refractivity (Wildman–Crippen MR) is 104 cm³/mol. The van der Waals surface area contributed by atoms with E-state index >= 15 is 0 Å². The third-order valence-electron chi connectivity index (χ3n) is 4.83. The molecule has 0 spiro atoms. The lowest BCUT2D eigenvalue weighted by molar-refractivity contribution is 0.109. The number of piperazine rings is 1. The monoisotopic (exact) mass is 398 g/mol. The Balaban J connectivity index is 1.23. The highest BCUT2D eigenvalue weighted by atomic mass is 16.5. The van der Waals surface area contributed by atoms with Crippen LogP contribution in [0.1, 0.15) is 34.6 Å². The Morgan fingerprint density at radius 3 is 2.14 bits per heavy atom. The summed E-state index contributed by atoms with van der Waals surface area (Å²) in [6, 6.07) is 6.12. The van der Waals surface area contributed by atoms with Crippen molar-refractivity contribution in [2.75, 3.05) is 26.2 Å². The molecule has 0 aliphatic carbocycles. The second kappa shape index (κ2) is 8.71. The van der Waals surface area contributed by atoms with Gasteiger partial charge in [0.2, 0.25) is 17.6 Å². The van der Waals surface area contributed by atoms with E-state index in [1.807, 2.05) is 12.1 Å². The zero-order valence-electron chi connectivity index (χ0n) is 17.1. The first-order chi connectivity index (χ1) is 14.0. The van der Waals surface area contributed by atoms with Crippen molar-refractivity contribution in [3.05, 3.63) is 52.8 Å². The number of ether oxygens (including phenoxy) is 1. The molecule has 1 aliphatic rings. The molecule has 4 rings (SSSR count). The van der Waals surface area contributed by atoms with Crippen molar-refractivity contribution in [3.8, 4) is 5.75 Å². The molecule has 0 atom stereocenters. The first kappa shape index (κ1) is 19.5. The molecule has 3 heterocycles. The Kier molecular flexibility index (Phi) is 5.86. The number of benzene rings is 1. The van der Waals surface area contributed by atoms with Crippen molar-refractivity contribution in [3.63, 3.8) is 0 Å². The highest BCUT2D eigenvalue weighted by Gasteiger charge is 2.20. The Morgan fingerprint density at radius 2 is 1.48 bits per heavy atom. The SMILES string of the molecule is Cc1cc(C)cc(OCc2noc(CN3CCN(Cc4noc(C)n4)CC3)n2)c1. The van der Waals surface area contributed by atoms with Crippen LogP contribution < -0.4 is 4.74 Å². The van der Waals surface area contributed by atoms with Gasteiger partial charge >= 0.3 is 0 Å². The molecule has 154 valence electrons. The maximum atomic E-state index is 5.80. The van der Waals surface area contributed by atoms with Crippen LogP contribution in [0.5, 0.6) is 5.75 Å². The molecule has 29 heavy (non-hydrogen) atoms. The Morgan fingerprint density at radius 1 is 0.828 bits per heavy atom. The van der Waals surface area contributed by atoms with Crippen molar-refractivity contribution in [1.29, 1.82) is 0 Å². The smallest absolute Gasteiger partial charge is 0.240 e. The van der Waals surface area contributed by atoms with Gasteiger partial charge in [-0.2, -0.15) is 9.97 Å². The van der Waals surface area contributed by atoms with Gasteiger partial charge in [0.15, 0.2) is 12.4 Å². The standard InChI is InChI=1S/C20H26N6O3/c1-14-8-15(2)10-17(9-14)27-13-19-22-20(29-24-19)12-26-6-4-25(5-7-26)11-18-21-16(3)28-23-18/h8-10H,4-7,11-13H2,1-3H3. The number of hydrogen-bond acceptors (Lipinski definition) is 9. The fraction of sp³-hybridized carbons (Fsp3) is 0.500. The summed E-state index contributed by atoms with van der Waals surface area (Å²) in [4.78, 5) is 13.4. The van der Waals surface area contributed by atoms with Crippen LogP contribution in [0, 0.1) is 20.8 Å². The Bertz CT molecular complexity index is 925. The van der Waals surface area contributed by atoms with Gasteiger partial charge < -0.3 is 13.8 Å². The molecule has 1 fully saturated rings. The summed E-state index contributed by atoms with van der Waals surface area (Å²) >= 11 is 0. The van der Waals surface area contributed by atoms with Gasteiger partial charge in [0.1, 0.15) is 5.75 Å². The van der Waals surface area contributed by atoms with Crippen molar-refractivity contribution < 1.29 is 13.8 Å². The van der Waals surface area contributed by atoms with Gasteiger partial charge in [-0.3, -0.25) is 9.80 Å². The molecule has 1 aromatic carbocycles. The molecule has 0 saturated carbocycles. The van der Waals surface area contributed by atoms with E-state index in [2.05, 4.69) is 50.0 Å². The average Bonchev–Trinajstić information content (AvgIpc) is 3.30. The summed E-state index contributed by atoms with van der Waals surface area (Å²) in [6.45, 7) is 11.3.